The maximum Gasteiger partial charge on any atom is 0.0639 e. The van der Waals surface area contributed by atoms with Crippen molar-refractivity contribution in [1.29, 1.82) is 0 Å². The van der Waals surface area contributed by atoms with E-state index in [0.717, 1.165) is 25.9 Å². The first-order valence-corrected chi connectivity index (χ1v) is 11.4. The molecule has 0 unspecified atom stereocenters. The third-order valence-corrected chi connectivity index (χ3v) is 6.09. The van der Waals surface area contributed by atoms with Crippen LogP contribution in [0.1, 0.15) is 50.7 Å². The van der Waals surface area contributed by atoms with Crippen LogP contribution in [0.5, 0.6) is 0 Å². The Morgan fingerprint density at radius 3 is 1.40 bits per heavy atom. The van der Waals surface area contributed by atoms with Crippen molar-refractivity contribution >= 4 is 0 Å². The van der Waals surface area contributed by atoms with Crippen molar-refractivity contribution in [2.45, 2.75) is 76.9 Å². The molecule has 1 aliphatic rings. The first-order chi connectivity index (χ1) is 14.5. The van der Waals surface area contributed by atoms with E-state index in [1.54, 1.807) is 0 Å². The Kier molecular flexibility index (Phi) is 8.88. The monoisotopic (exact) mass is 410 g/mol. The van der Waals surface area contributed by atoms with Crippen LogP contribution >= 0.6 is 0 Å². The molecule has 0 saturated heterocycles. The molecule has 3 rings (SSSR count). The number of aliphatic hydroxyl groups is 2. The first-order valence-electron chi connectivity index (χ1n) is 11.4. The molecule has 0 spiro atoms. The molecular formula is C26H38N2O2. The lowest BCUT2D eigenvalue weighted by Gasteiger charge is -2.46. The van der Waals surface area contributed by atoms with E-state index in [1.165, 1.54) is 24.0 Å². The van der Waals surface area contributed by atoms with E-state index < -0.39 is 0 Å². The highest BCUT2D eigenvalue weighted by Crippen LogP contribution is 2.30. The summed E-state index contributed by atoms with van der Waals surface area (Å²) in [5, 5.41) is 20.5. The Bertz CT molecular complexity index is 657. The molecule has 0 bridgehead atoms. The summed E-state index contributed by atoms with van der Waals surface area (Å²) in [5.41, 5.74) is 2.57. The van der Waals surface area contributed by atoms with Crippen molar-refractivity contribution in [1.82, 2.24) is 9.80 Å². The molecule has 1 saturated carbocycles. The van der Waals surface area contributed by atoms with Crippen LogP contribution in [0.15, 0.2) is 60.7 Å². The number of nitrogens with zero attached hydrogens (tertiary/aromatic N) is 2. The zero-order valence-electron chi connectivity index (χ0n) is 18.5. The summed E-state index contributed by atoms with van der Waals surface area (Å²) in [6.07, 6.45) is 3.98. The van der Waals surface area contributed by atoms with Crippen molar-refractivity contribution < 1.29 is 10.2 Å². The average Bonchev–Trinajstić information content (AvgIpc) is 2.74. The van der Waals surface area contributed by atoms with Gasteiger partial charge >= 0.3 is 0 Å². The maximum atomic E-state index is 10.2. The van der Waals surface area contributed by atoms with E-state index in [1.807, 2.05) is 13.8 Å². The molecule has 4 heteroatoms. The Balaban J connectivity index is 1.84. The van der Waals surface area contributed by atoms with Crippen molar-refractivity contribution in [3.63, 3.8) is 0 Å². The molecule has 0 heterocycles. The lowest BCUT2D eigenvalue weighted by atomic mass is 9.87. The van der Waals surface area contributed by atoms with E-state index in [9.17, 15) is 10.2 Å². The number of hydrogen-bond donors (Lipinski definition) is 2. The van der Waals surface area contributed by atoms with E-state index in [0.29, 0.717) is 25.2 Å². The number of hydrogen-bond acceptors (Lipinski definition) is 4. The molecule has 4 nitrogen and oxygen atoms in total. The predicted molar refractivity (Wildman–Crippen MR) is 123 cm³/mol. The fraction of sp³-hybridized carbons (Fsp3) is 0.538. The van der Waals surface area contributed by atoms with E-state index in [-0.39, 0.29) is 12.2 Å². The first kappa shape index (κ1) is 23.0. The fourth-order valence-electron chi connectivity index (χ4n) is 4.89. The third kappa shape index (κ3) is 6.92. The van der Waals surface area contributed by atoms with Crippen LogP contribution in [0.3, 0.4) is 0 Å². The Morgan fingerprint density at radius 1 is 0.700 bits per heavy atom. The van der Waals surface area contributed by atoms with Crippen LogP contribution in [0, 0.1) is 0 Å². The van der Waals surface area contributed by atoms with Gasteiger partial charge in [0.1, 0.15) is 0 Å². The Hall–Kier alpha value is -1.72. The van der Waals surface area contributed by atoms with Crippen molar-refractivity contribution in [3.8, 4) is 0 Å². The second-order valence-electron chi connectivity index (χ2n) is 8.95. The van der Waals surface area contributed by atoms with Crippen molar-refractivity contribution in [2.24, 2.45) is 0 Å². The lowest BCUT2D eigenvalue weighted by Crippen LogP contribution is -2.55. The SMILES string of the molecule is C[C@H](O)CN(Cc1ccccc1)[C@@H]1CCCC[C@H]1N(Cc1ccccc1)C[C@H](C)O. The Labute approximate surface area is 182 Å². The van der Waals surface area contributed by atoms with Gasteiger partial charge in [-0.2, -0.15) is 0 Å². The number of rotatable bonds is 10. The molecule has 0 aromatic heterocycles. The standard InChI is InChI=1S/C26H38N2O2/c1-21(29)17-27(19-23-11-5-3-6-12-23)25-15-9-10-16-26(25)28(18-22(2)30)20-24-13-7-4-8-14-24/h3-8,11-14,21-22,25-26,29-30H,9-10,15-20H2,1-2H3/t21-,22-,25+,26+/m0/s1. The summed E-state index contributed by atoms with van der Waals surface area (Å²) >= 11 is 0. The molecule has 1 fully saturated rings. The van der Waals surface area contributed by atoms with Crippen LogP contribution in [-0.4, -0.2) is 57.4 Å². The summed E-state index contributed by atoms with van der Waals surface area (Å²) in [6, 6.07) is 21.9. The van der Waals surface area contributed by atoms with Crippen LogP contribution in [0.25, 0.3) is 0 Å². The van der Waals surface area contributed by atoms with Gasteiger partial charge in [0.25, 0.3) is 0 Å². The van der Waals surface area contributed by atoms with Crippen molar-refractivity contribution in [3.05, 3.63) is 71.8 Å². The summed E-state index contributed by atoms with van der Waals surface area (Å²) in [7, 11) is 0. The number of aliphatic hydroxyl groups excluding tert-OH is 2. The molecule has 2 aromatic carbocycles. The summed E-state index contributed by atoms with van der Waals surface area (Å²) < 4.78 is 0. The second-order valence-corrected chi connectivity index (χ2v) is 8.95. The van der Waals surface area contributed by atoms with E-state index >= 15 is 0 Å². The topological polar surface area (TPSA) is 46.9 Å². The largest absolute Gasteiger partial charge is 0.392 e. The molecule has 0 amide bonds. The lowest BCUT2D eigenvalue weighted by molar-refractivity contribution is -0.0000378. The van der Waals surface area contributed by atoms with Gasteiger partial charge in [0, 0.05) is 38.3 Å². The zero-order chi connectivity index (χ0) is 21.3. The summed E-state index contributed by atoms with van der Waals surface area (Å²) in [6.45, 7) is 6.80. The van der Waals surface area contributed by atoms with Gasteiger partial charge in [-0.25, -0.2) is 0 Å². The van der Waals surface area contributed by atoms with Crippen molar-refractivity contribution in [2.75, 3.05) is 13.1 Å². The second kappa shape index (κ2) is 11.6. The fourth-order valence-corrected chi connectivity index (χ4v) is 4.89. The van der Waals surface area contributed by atoms with Gasteiger partial charge in [0.05, 0.1) is 12.2 Å². The maximum absolute atomic E-state index is 10.2. The molecular weight excluding hydrogens is 372 g/mol. The highest BCUT2D eigenvalue weighted by Gasteiger charge is 2.35. The van der Waals surface area contributed by atoms with E-state index in [4.69, 9.17) is 0 Å². The molecule has 1 aliphatic carbocycles. The van der Waals surface area contributed by atoms with Crippen LogP contribution in [-0.2, 0) is 13.1 Å². The molecule has 30 heavy (non-hydrogen) atoms. The van der Waals surface area contributed by atoms with Gasteiger partial charge in [-0.3, -0.25) is 9.80 Å². The molecule has 4 atom stereocenters. The van der Waals surface area contributed by atoms with Crippen LogP contribution in [0.4, 0.5) is 0 Å². The smallest absolute Gasteiger partial charge is 0.0639 e. The van der Waals surface area contributed by atoms with Gasteiger partial charge < -0.3 is 10.2 Å². The number of benzene rings is 2. The minimum absolute atomic E-state index is 0.365. The zero-order valence-corrected chi connectivity index (χ0v) is 18.5. The van der Waals surface area contributed by atoms with Gasteiger partial charge in [-0.1, -0.05) is 73.5 Å². The summed E-state index contributed by atoms with van der Waals surface area (Å²) in [4.78, 5) is 4.95. The minimum atomic E-state index is -0.365. The van der Waals surface area contributed by atoms with Gasteiger partial charge in [-0.05, 0) is 37.8 Å². The quantitative estimate of drug-likeness (QED) is 0.620. The third-order valence-electron chi connectivity index (χ3n) is 6.09. The van der Waals surface area contributed by atoms with Gasteiger partial charge in [0.2, 0.25) is 0 Å². The summed E-state index contributed by atoms with van der Waals surface area (Å²) in [5.74, 6) is 0. The predicted octanol–water partition coefficient (Wildman–Crippen LogP) is 4.06. The van der Waals surface area contributed by atoms with Gasteiger partial charge in [0.15, 0.2) is 0 Å². The van der Waals surface area contributed by atoms with E-state index in [2.05, 4.69) is 70.5 Å². The van der Waals surface area contributed by atoms with Crippen LogP contribution in [0.2, 0.25) is 0 Å². The molecule has 0 aliphatic heterocycles. The van der Waals surface area contributed by atoms with Crippen LogP contribution < -0.4 is 0 Å². The highest BCUT2D eigenvalue weighted by molar-refractivity contribution is 5.16. The molecule has 2 aromatic rings. The normalized spacial score (nSPS) is 21.7. The molecule has 0 radical (unpaired) electrons. The average molecular weight is 411 g/mol. The molecule has 164 valence electrons. The highest BCUT2D eigenvalue weighted by atomic mass is 16.3. The minimum Gasteiger partial charge on any atom is -0.392 e. The van der Waals surface area contributed by atoms with Gasteiger partial charge in [-0.15, -0.1) is 0 Å². The molecule has 2 N–H and O–H groups in total. The Morgan fingerprint density at radius 2 is 1.07 bits per heavy atom.